The molecule has 1 saturated carbocycles. The van der Waals surface area contributed by atoms with Gasteiger partial charge in [-0.25, -0.2) is 0 Å². The lowest BCUT2D eigenvalue weighted by molar-refractivity contribution is -0.123. The van der Waals surface area contributed by atoms with Crippen LogP contribution in [0, 0.1) is 0 Å². The van der Waals surface area contributed by atoms with Crippen molar-refractivity contribution in [1.82, 2.24) is 10.2 Å². The zero-order chi connectivity index (χ0) is 11.5. The first-order valence-corrected chi connectivity index (χ1v) is 5.58. The molecule has 0 heterocycles. The molecule has 0 aromatic heterocycles. The molecule has 88 valence electrons. The third kappa shape index (κ3) is 5.14. The van der Waals surface area contributed by atoms with Crippen molar-refractivity contribution < 1.29 is 9.90 Å². The highest BCUT2D eigenvalue weighted by Crippen LogP contribution is 2.26. The van der Waals surface area contributed by atoms with Crippen molar-refractivity contribution in [2.45, 2.75) is 45.2 Å². The number of carbonyl (C=O) groups excluding carboxylic acids is 1. The summed E-state index contributed by atoms with van der Waals surface area (Å²) in [4.78, 5) is 13.7. The summed E-state index contributed by atoms with van der Waals surface area (Å²) in [6.07, 6.45) is 2.31. The predicted molar refractivity (Wildman–Crippen MR) is 59.6 cm³/mol. The molecule has 1 rings (SSSR count). The van der Waals surface area contributed by atoms with Gasteiger partial charge in [-0.3, -0.25) is 9.69 Å². The quantitative estimate of drug-likeness (QED) is 0.694. The predicted octanol–water partition coefficient (Wildman–Crippen LogP) is 0.358. The second kappa shape index (κ2) is 4.94. The molecule has 15 heavy (non-hydrogen) atoms. The van der Waals surface area contributed by atoms with Crippen LogP contribution in [0.1, 0.15) is 33.6 Å². The number of nitrogens with zero attached hydrogens (tertiary/aromatic N) is 1. The van der Waals surface area contributed by atoms with Crippen molar-refractivity contribution in [3.63, 3.8) is 0 Å². The van der Waals surface area contributed by atoms with E-state index in [1.165, 1.54) is 0 Å². The molecule has 0 spiro atoms. The third-order valence-corrected chi connectivity index (χ3v) is 2.31. The molecule has 0 radical (unpaired) electrons. The summed E-state index contributed by atoms with van der Waals surface area (Å²) in [6, 6.07) is 0.517. The highest BCUT2D eigenvalue weighted by Gasteiger charge is 2.30. The number of aliphatic hydroxyl groups excluding tert-OH is 1. The van der Waals surface area contributed by atoms with Crippen molar-refractivity contribution in [1.29, 1.82) is 0 Å². The van der Waals surface area contributed by atoms with E-state index in [1.807, 2.05) is 20.8 Å². The van der Waals surface area contributed by atoms with E-state index in [-0.39, 0.29) is 18.1 Å². The van der Waals surface area contributed by atoms with E-state index >= 15 is 0 Å². The molecule has 0 aromatic rings. The minimum absolute atomic E-state index is 0.0443. The molecular weight excluding hydrogens is 192 g/mol. The van der Waals surface area contributed by atoms with E-state index in [2.05, 4.69) is 10.2 Å². The highest BCUT2D eigenvalue weighted by molar-refractivity contribution is 5.78. The smallest absolute Gasteiger partial charge is 0.234 e. The lowest BCUT2D eigenvalue weighted by atomic mass is 10.1. The number of aliphatic hydroxyl groups is 1. The zero-order valence-corrected chi connectivity index (χ0v) is 9.92. The Balaban J connectivity index is 2.33. The van der Waals surface area contributed by atoms with Gasteiger partial charge >= 0.3 is 0 Å². The fraction of sp³-hybridized carbons (Fsp3) is 0.909. The highest BCUT2D eigenvalue weighted by atomic mass is 16.3. The Hall–Kier alpha value is -0.610. The van der Waals surface area contributed by atoms with Crippen molar-refractivity contribution >= 4 is 5.91 Å². The van der Waals surface area contributed by atoms with E-state index in [4.69, 9.17) is 5.11 Å². The molecule has 0 saturated heterocycles. The summed E-state index contributed by atoms with van der Waals surface area (Å²) in [6.45, 7) is 7.04. The lowest BCUT2D eigenvalue weighted by Gasteiger charge is -2.25. The molecule has 0 bridgehead atoms. The van der Waals surface area contributed by atoms with Crippen LogP contribution in [0.4, 0.5) is 0 Å². The molecule has 4 nitrogen and oxygen atoms in total. The summed E-state index contributed by atoms with van der Waals surface area (Å²) < 4.78 is 0. The number of hydrogen-bond donors (Lipinski definition) is 2. The molecule has 4 heteroatoms. The Morgan fingerprint density at radius 2 is 2.07 bits per heavy atom. The summed E-state index contributed by atoms with van der Waals surface area (Å²) in [5.41, 5.74) is -0.175. The van der Waals surface area contributed by atoms with E-state index < -0.39 is 0 Å². The number of rotatable bonds is 5. The van der Waals surface area contributed by atoms with Gasteiger partial charge in [0.05, 0.1) is 13.2 Å². The molecule has 0 unspecified atom stereocenters. The Morgan fingerprint density at radius 3 is 2.47 bits per heavy atom. The number of amides is 1. The summed E-state index contributed by atoms with van der Waals surface area (Å²) in [5, 5.41) is 11.8. The number of hydrogen-bond acceptors (Lipinski definition) is 3. The van der Waals surface area contributed by atoms with Gasteiger partial charge < -0.3 is 10.4 Å². The molecular formula is C11H22N2O2. The van der Waals surface area contributed by atoms with E-state index in [0.29, 0.717) is 19.1 Å². The Morgan fingerprint density at radius 1 is 1.47 bits per heavy atom. The van der Waals surface area contributed by atoms with Crippen LogP contribution < -0.4 is 5.32 Å². The third-order valence-electron chi connectivity index (χ3n) is 2.31. The summed E-state index contributed by atoms with van der Waals surface area (Å²) in [5.74, 6) is 0.0443. The van der Waals surface area contributed by atoms with Gasteiger partial charge in [0.15, 0.2) is 0 Å². The molecule has 1 amide bonds. The first-order chi connectivity index (χ1) is 6.92. The number of carbonyl (C=O) groups is 1. The molecule has 2 N–H and O–H groups in total. The van der Waals surface area contributed by atoms with Gasteiger partial charge in [0.25, 0.3) is 0 Å². The van der Waals surface area contributed by atoms with Gasteiger partial charge in [-0.15, -0.1) is 0 Å². The second-order valence-corrected chi connectivity index (χ2v) is 5.22. The van der Waals surface area contributed by atoms with Crippen LogP contribution >= 0.6 is 0 Å². The van der Waals surface area contributed by atoms with Crippen LogP contribution in [-0.2, 0) is 4.79 Å². The van der Waals surface area contributed by atoms with Gasteiger partial charge in [-0.1, -0.05) is 0 Å². The van der Waals surface area contributed by atoms with Crippen LogP contribution in [-0.4, -0.2) is 47.2 Å². The SMILES string of the molecule is CC(C)(C)NC(=O)CN(CCO)C1CC1. The minimum atomic E-state index is -0.175. The topological polar surface area (TPSA) is 52.6 Å². The van der Waals surface area contributed by atoms with Gasteiger partial charge in [0, 0.05) is 18.1 Å². The Labute approximate surface area is 91.6 Å². The molecule has 1 aliphatic rings. The van der Waals surface area contributed by atoms with Crippen LogP contribution in [0.3, 0.4) is 0 Å². The molecule has 0 aliphatic heterocycles. The van der Waals surface area contributed by atoms with Crippen LogP contribution in [0.2, 0.25) is 0 Å². The van der Waals surface area contributed by atoms with Crippen LogP contribution in [0.15, 0.2) is 0 Å². The Kier molecular flexibility index (Phi) is 4.11. The zero-order valence-electron chi connectivity index (χ0n) is 9.92. The molecule has 1 fully saturated rings. The summed E-state index contributed by atoms with van der Waals surface area (Å²) in [7, 11) is 0. The molecule has 0 aromatic carbocycles. The number of nitrogens with one attached hydrogen (secondary N) is 1. The van der Waals surface area contributed by atoms with Crippen molar-refractivity contribution in [2.24, 2.45) is 0 Å². The van der Waals surface area contributed by atoms with Crippen LogP contribution in [0.5, 0.6) is 0 Å². The maximum atomic E-state index is 11.6. The standard InChI is InChI=1S/C11H22N2O2/c1-11(2,3)12-10(15)8-13(6-7-14)9-4-5-9/h9,14H,4-8H2,1-3H3,(H,12,15). The first-order valence-electron chi connectivity index (χ1n) is 5.58. The van der Waals surface area contributed by atoms with Gasteiger partial charge in [-0.2, -0.15) is 0 Å². The van der Waals surface area contributed by atoms with E-state index in [0.717, 1.165) is 12.8 Å². The maximum absolute atomic E-state index is 11.6. The average Bonchev–Trinajstić information content (AvgIpc) is 2.81. The van der Waals surface area contributed by atoms with Gasteiger partial charge in [-0.05, 0) is 33.6 Å². The Bertz CT molecular complexity index is 219. The maximum Gasteiger partial charge on any atom is 0.234 e. The van der Waals surface area contributed by atoms with E-state index in [9.17, 15) is 4.79 Å². The largest absolute Gasteiger partial charge is 0.395 e. The lowest BCUT2D eigenvalue weighted by Crippen LogP contribution is -2.47. The van der Waals surface area contributed by atoms with Crippen molar-refractivity contribution in [2.75, 3.05) is 19.7 Å². The van der Waals surface area contributed by atoms with Crippen molar-refractivity contribution in [3.8, 4) is 0 Å². The first kappa shape index (κ1) is 12.5. The fourth-order valence-corrected chi connectivity index (χ4v) is 1.60. The second-order valence-electron chi connectivity index (χ2n) is 5.22. The fourth-order valence-electron chi connectivity index (χ4n) is 1.60. The average molecular weight is 214 g/mol. The molecule has 1 aliphatic carbocycles. The normalized spacial score (nSPS) is 16.9. The van der Waals surface area contributed by atoms with Gasteiger partial charge in [0.2, 0.25) is 5.91 Å². The van der Waals surface area contributed by atoms with Crippen LogP contribution in [0.25, 0.3) is 0 Å². The van der Waals surface area contributed by atoms with Gasteiger partial charge in [0.1, 0.15) is 0 Å². The minimum Gasteiger partial charge on any atom is -0.395 e. The van der Waals surface area contributed by atoms with E-state index in [1.54, 1.807) is 0 Å². The molecule has 0 atom stereocenters. The monoisotopic (exact) mass is 214 g/mol. The summed E-state index contributed by atoms with van der Waals surface area (Å²) >= 11 is 0. The van der Waals surface area contributed by atoms with Crippen molar-refractivity contribution in [3.05, 3.63) is 0 Å².